The molecule has 2 N–H and O–H groups in total. The topological polar surface area (TPSA) is 62.7 Å². The maximum atomic E-state index is 12.7. The molecule has 1 amide bonds. The van der Waals surface area contributed by atoms with Crippen LogP contribution in [-0.4, -0.2) is 20.4 Å². The van der Waals surface area contributed by atoms with E-state index in [1.54, 1.807) is 0 Å². The average molecular weight is 374 g/mol. The molecule has 4 rings (SSSR count). The lowest BCUT2D eigenvalue weighted by molar-refractivity contribution is -0.122. The highest BCUT2D eigenvalue weighted by atomic mass is 16.1. The number of para-hydroxylation sites is 3. The summed E-state index contributed by atoms with van der Waals surface area (Å²) in [6.07, 6.45) is 3.33. The van der Waals surface area contributed by atoms with Gasteiger partial charge < -0.3 is 14.9 Å². The van der Waals surface area contributed by atoms with E-state index in [0.29, 0.717) is 18.9 Å². The maximum absolute atomic E-state index is 12.7. The Kier molecular flexibility index (Phi) is 5.15. The molecule has 5 nitrogen and oxygen atoms in total. The fourth-order valence-corrected chi connectivity index (χ4v) is 3.67. The number of fused-ring (bicyclic) bond motifs is 2. The second-order valence-electron chi connectivity index (χ2n) is 7.71. The first-order valence-electron chi connectivity index (χ1n) is 9.88. The molecule has 0 unspecified atom stereocenters. The Morgan fingerprint density at radius 3 is 2.71 bits per heavy atom. The number of rotatable bonds is 7. The van der Waals surface area contributed by atoms with Gasteiger partial charge in [-0.3, -0.25) is 4.79 Å². The number of carbonyl (C=O) groups excluding carboxylic acids is 1. The number of amides is 1. The number of benzene rings is 2. The predicted octanol–water partition coefficient (Wildman–Crippen LogP) is 4.81. The summed E-state index contributed by atoms with van der Waals surface area (Å²) < 4.78 is 2.13. The van der Waals surface area contributed by atoms with E-state index in [1.165, 1.54) is 5.39 Å². The highest BCUT2D eigenvalue weighted by molar-refractivity contribution is 5.81. The van der Waals surface area contributed by atoms with Crippen molar-refractivity contribution in [3.05, 3.63) is 66.6 Å². The van der Waals surface area contributed by atoms with Crippen molar-refractivity contribution in [2.75, 3.05) is 0 Å². The number of aryl methyl sites for hydroxylation is 1. The zero-order valence-corrected chi connectivity index (χ0v) is 16.4. The van der Waals surface area contributed by atoms with Crippen LogP contribution in [0.3, 0.4) is 0 Å². The van der Waals surface area contributed by atoms with Gasteiger partial charge in [-0.05, 0) is 42.0 Å². The molecule has 144 valence electrons. The molecule has 2 aromatic carbocycles. The molecule has 0 aliphatic heterocycles. The predicted molar refractivity (Wildman–Crippen MR) is 113 cm³/mol. The van der Waals surface area contributed by atoms with E-state index in [-0.39, 0.29) is 11.9 Å². The third kappa shape index (κ3) is 3.93. The monoisotopic (exact) mass is 374 g/mol. The average Bonchev–Trinajstić information content (AvgIpc) is 3.29. The van der Waals surface area contributed by atoms with E-state index >= 15 is 0 Å². The van der Waals surface area contributed by atoms with Crippen LogP contribution in [-0.2, 0) is 11.3 Å². The Morgan fingerprint density at radius 2 is 1.89 bits per heavy atom. The van der Waals surface area contributed by atoms with Crippen molar-refractivity contribution in [2.45, 2.75) is 39.3 Å². The zero-order chi connectivity index (χ0) is 19.5. The summed E-state index contributed by atoms with van der Waals surface area (Å²) in [5, 5.41) is 4.39. The van der Waals surface area contributed by atoms with Crippen molar-refractivity contribution >= 4 is 27.8 Å². The molecule has 0 radical (unpaired) electrons. The summed E-state index contributed by atoms with van der Waals surface area (Å²) >= 11 is 0. The molecule has 1 atom stereocenters. The van der Waals surface area contributed by atoms with Crippen molar-refractivity contribution in [3.63, 3.8) is 0 Å². The summed E-state index contributed by atoms with van der Waals surface area (Å²) in [5.41, 5.74) is 3.09. The van der Waals surface area contributed by atoms with Crippen LogP contribution in [0.1, 0.15) is 38.6 Å². The molecule has 0 saturated carbocycles. The standard InChI is InChI=1S/C23H26N4O/c1-16(2)15-20(23-25-18-8-4-5-9-19(18)26-23)24-22(28)12-14-27-13-11-17-7-3-6-10-21(17)27/h3-11,13,16,20H,12,14-15H2,1-2H3,(H,24,28)(H,25,26)/t20-/m1/s1. The van der Waals surface area contributed by atoms with Crippen LogP contribution in [0.25, 0.3) is 21.9 Å². The van der Waals surface area contributed by atoms with Gasteiger partial charge in [-0.1, -0.05) is 44.2 Å². The van der Waals surface area contributed by atoms with Gasteiger partial charge in [0, 0.05) is 24.7 Å². The maximum Gasteiger partial charge on any atom is 0.222 e. The molecule has 0 spiro atoms. The molecule has 2 heterocycles. The van der Waals surface area contributed by atoms with Crippen molar-refractivity contribution < 1.29 is 4.79 Å². The van der Waals surface area contributed by atoms with Gasteiger partial charge in [0.2, 0.25) is 5.91 Å². The van der Waals surface area contributed by atoms with E-state index < -0.39 is 0 Å². The molecule has 28 heavy (non-hydrogen) atoms. The molecule has 2 aromatic heterocycles. The molecule has 0 aliphatic rings. The number of nitrogens with zero attached hydrogens (tertiary/aromatic N) is 2. The molecule has 5 heteroatoms. The van der Waals surface area contributed by atoms with Crippen LogP contribution in [0.15, 0.2) is 60.8 Å². The smallest absolute Gasteiger partial charge is 0.222 e. The van der Waals surface area contributed by atoms with E-state index in [0.717, 1.165) is 28.8 Å². The Bertz CT molecular complexity index is 1060. The number of hydrogen-bond donors (Lipinski definition) is 2. The summed E-state index contributed by atoms with van der Waals surface area (Å²) in [4.78, 5) is 20.8. The lowest BCUT2D eigenvalue weighted by Crippen LogP contribution is -2.30. The minimum Gasteiger partial charge on any atom is -0.347 e. The van der Waals surface area contributed by atoms with Gasteiger partial charge in [0.05, 0.1) is 17.1 Å². The molecule has 0 fully saturated rings. The largest absolute Gasteiger partial charge is 0.347 e. The van der Waals surface area contributed by atoms with Crippen molar-refractivity contribution in [3.8, 4) is 0 Å². The molecule has 0 bridgehead atoms. The highest BCUT2D eigenvalue weighted by Gasteiger charge is 2.19. The number of aromatic amines is 1. The lowest BCUT2D eigenvalue weighted by Gasteiger charge is -2.19. The summed E-state index contributed by atoms with van der Waals surface area (Å²) in [5.74, 6) is 1.32. The minimum atomic E-state index is -0.110. The van der Waals surface area contributed by atoms with Gasteiger partial charge in [0.1, 0.15) is 5.82 Å². The third-order valence-electron chi connectivity index (χ3n) is 5.04. The first-order chi connectivity index (χ1) is 13.6. The van der Waals surface area contributed by atoms with Crippen LogP contribution in [0, 0.1) is 5.92 Å². The third-order valence-corrected chi connectivity index (χ3v) is 5.04. The first-order valence-corrected chi connectivity index (χ1v) is 9.88. The molecular weight excluding hydrogens is 348 g/mol. The summed E-state index contributed by atoms with van der Waals surface area (Å²) in [7, 11) is 0. The first kappa shape index (κ1) is 18.3. The van der Waals surface area contributed by atoms with Gasteiger partial charge in [-0.15, -0.1) is 0 Å². The number of imidazole rings is 1. The molecule has 0 aliphatic carbocycles. The SMILES string of the molecule is CC(C)C[C@@H](NC(=O)CCn1ccc2ccccc21)c1nc2ccccc2[nH]1. The van der Waals surface area contributed by atoms with Crippen LogP contribution in [0.5, 0.6) is 0 Å². The van der Waals surface area contributed by atoms with Gasteiger partial charge in [0.25, 0.3) is 0 Å². The number of nitrogens with one attached hydrogen (secondary N) is 2. The van der Waals surface area contributed by atoms with Crippen LogP contribution >= 0.6 is 0 Å². The summed E-state index contributed by atoms with van der Waals surface area (Å²) in [6.45, 7) is 4.98. The van der Waals surface area contributed by atoms with Gasteiger partial charge in [-0.25, -0.2) is 4.98 Å². The zero-order valence-electron chi connectivity index (χ0n) is 16.4. The second-order valence-corrected chi connectivity index (χ2v) is 7.71. The Balaban J connectivity index is 1.46. The number of hydrogen-bond acceptors (Lipinski definition) is 2. The van der Waals surface area contributed by atoms with Gasteiger partial charge >= 0.3 is 0 Å². The van der Waals surface area contributed by atoms with Crippen molar-refractivity contribution in [1.29, 1.82) is 0 Å². The Hall–Kier alpha value is -3.08. The molecular formula is C23H26N4O. The Labute approximate surface area is 164 Å². The minimum absolute atomic E-state index is 0.0453. The van der Waals surface area contributed by atoms with E-state index in [1.807, 2.05) is 42.6 Å². The number of aromatic nitrogens is 3. The summed E-state index contributed by atoms with van der Waals surface area (Å²) in [6, 6.07) is 18.2. The molecule has 0 saturated heterocycles. The van der Waals surface area contributed by atoms with E-state index in [4.69, 9.17) is 4.98 Å². The van der Waals surface area contributed by atoms with Crippen LogP contribution < -0.4 is 5.32 Å². The van der Waals surface area contributed by atoms with Crippen molar-refractivity contribution in [2.24, 2.45) is 5.92 Å². The Morgan fingerprint density at radius 1 is 1.11 bits per heavy atom. The second kappa shape index (κ2) is 7.89. The fraction of sp³-hybridized carbons (Fsp3) is 0.304. The van der Waals surface area contributed by atoms with E-state index in [9.17, 15) is 4.79 Å². The van der Waals surface area contributed by atoms with E-state index in [2.05, 4.69) is 46.9 Å². The van der Waals surface area contributed by atoms with Gasteiger partial charge in [-0.2, -0.15) is 0 Å². The van der Waals surface area contributed by atoms with Crippen molar-refractivity contribution in [1.82, 2.24) is 19.9 Å². The van der Waals surface area contributed by atoms with Gasteiger partial charge in [0.15, 0.2) is 0 Å². The molecule has 4 aromatic rings. The normalized spacial score (nSPS) is 12.7. The number of carbonyl (C=O) groups is 1. The quantitative estimate of drug-likeness (QED) is 0.487. The number of H-pyrrole nitrogens is 1. The van der Waals surface area contributed by atoms with Crippen LogP contribution in [0.2, 0.25) is 0 Å². The lowest BCUT2D eigenvalue weighted by atomic mass is 10.0. The van der Waals surface area contributed by atoms with Crippen LogP contribution in [0.4, 0.5) is 0 Å². The highest BCUT2D eigenvalue weighted by Crippen LogP contribution is 2.22. The fourth-order valence-electron chi connectivity index (χ4n) is 3.67.